The van der Waals surface area contributed by atoms with Crippen molar-refractivity contribution in [1.29, 1.82) is 0 Å². The predicted molar refractivity (Wildman–Crippen MR) is 136 cm³/mol. The zero-order valence-corrected chi connectivity index (χ0v) is 18.8. The third-order valence-corrected chi connectivity index (χ3v) is 6.64. The molecule has 0 spiro atoms. The van der Waals surface area contributed by atoms with Gasteiger partial charge in [-0.1, -0.05) is 49.4 Å². The normalized spacial score (nSPS) is 11.3. The smallest absolute Gasteiger partial charge is 0.173 e. The van der Waals surface area contributed by atoms with Crippen molar-refractivity contribution < 1.29 is 0 Å². The van der Waals surface area contributed by atoms with E-state index in [0.717, 1.165) is 57.1 Å². The molecule has 6 heteroatoms. The van der Waals surface area contributed by atoms with Crippen molar-refractivity contribution in [1.82, 2.24) is 14.9 Å². The van der Waals surface area contributed by atoms with Crippen LogP contribution < -0.4 is 5.32 Å². The summed E-state index contributed by atoms with van der Waals surface area (Å²) in [6.07, 6.45) is 1.03. The van der Waals surface area contributed by atoms with Gasteiger partial charge in [0.25, 0.3) is 0 Å². The number of rotatable bonds is 5. The van der Waals surface area contributed by atoms with Gasteiger partial charge in [0.05, 0.1) is 11.0 Å². The molecule has 0 atom stereocenters. The van der Waals surface area contributed by atoms with Crippen LogP contribution in [0.4, 0.5) is 5.69 Å². The molecule has 0 saturated heterocycles. The molecule has 5 rings (SSSR count). The van der Waals surface area contributed by atoms with Gasteiger partial charge in [0, 0.05) is 28.9 Å². The van der Waals surface area contributed by atoms with E-state index >= 15 is 0 Å². The Hall–Kier alpha value is -3.09. The SMILES string of the molecule is CCCN(Cc1ccccc1)C(=S)Nc1ccc2sc3nc4ccccc4nc3c2c1. The summed E-state index contributed by atoms with van der Waals surface area (Å²) in [6.45, 7) is 3.87. The van der Waals surface area contributed by atoms with E-state index in [1.54, 1.807) is 11.3 Å². The van der Waals surface area contributed by atoms with E-state index in [1.807, 2.05) is 30.3 Å². The largest absolute Gasteiger partial charge is 0.345 e. The second-order valence-electron chi connectivity index (χ2n) is 7.52. The fourth-order valence-corrected chi connectivity index (χ4v) is 5.02. The number of fused-ring (bicyclic) bond motifs is 4. The number of nitrogens with one attached hydrogen (secondary N) is 1. The Bertz CT molecular complexity index is 1380. The topological polar surface area (TPSA) is 41.0 Å². The van der Waals surface area contributed by atoms with Crippen LogP contribution in [-0.4, -0.2) is 26.5 Å². The monoisotopic (exact) mass is 442 g/mol. The molecule has 5 aromatic rings. The maximum Gasteiger partial charge on any atom is 0.173 e. The second kappa shape index (κ2) is 8.57. The number of nitrogens with zero attached hydrogens (tertiary/aromatic N) is 3. The van der Waals surface area contributed by atoms with Crippen molar-refractivity contribution in [3.8, 4) is 0 Å². The molecule has 0 unspecified atom stereocenters. The lowest BCUT2D eigenvalue weighted by Crippen LogP contribution is -2.34. The van der Waals surface area contributed by atoms with Crippen LogP contribution >= 0.6 is 23.6 Å². The van der Waals surface area contributed by atoms with Crippen LogP contribution in [0.3, 0.4) is 0 Å². The summed E-state index contributed by atoms with van der Waals surface area (Å²) in [5.74, 6) is 0. The average molecular weight is 443 g/mol. The molecule has 0 aliphatic carbocycles. The molecule has 0 aliphatic rings. The van der Waals surface area contributed by atoms with Crippen LogP contribution in [0.2, 0.25) is 0 Å². The highest BCUT2D eigenvalue weighted by Gasteiger charge is 2.13. The molecule has 154 valence electrons. The highest BCUT2D eigenvalue weighted by molar-refractivity contribution is 7.80. The molecule has 0 aliphatic heterocycles. The minimum Gasteiger partial charge on any atom is -0.345 e. The molecule has 0 saturated carbocycles. The maximum atomic E-state index is 5.77. The maximum absolute atomic E-state index is 5.77. The van der Waals surface area contributed by atoms with E-state index in [2.05, 4.69) is 59.6 Å². The standard InChI is InChI=1S/C25H22N4S2/c1-2-14-29(16-17-8-4-3-5-9-17)25(30)26-18-12-13-22-19(15-18)23-24(31-22)28-21-11-7-6-10-20(21)27-23/h3-13,15H,2,14,16H2,1H3,(H,26,30). The number of hydrogen-bond acceptors (Lipinski definition) is 4. The number of hydrogen-bond donors (Lipinski definition) is 1. The summed E-state index contributed by atoms with van der Waals surface area (Å²) in [6, 6.07) is 24.8. The Morgan fingerprint density at radius 1 is 0.968 bits per heavy atom. The summed E-state index contributed by atoms with van der Waals surface area (Å²) in [5, 5.41) is 5.29. The minimum atomic E-state index is 0.737. The van der Waals surface area contributed by atoms with Crippen LogP contribution in [0.1, 0.15) is 18.9 Å². The molecular formula is C25H22N4S2. The van der Waals surface area contributed by atoms with E-state index in [-0.39, 0.29) is 0 Å². The quantitative estimate of drug-likeness (QED) is 0.310. The first-order chi connectivity index (χ1) is 15.2. The van der Waals surface area contributed by atoms with E-state index in [4.69, 9.17) is 22.2 Å². The van der Waals surface area contributed by atoms with Gasteiger partial charge in [-0.05, 0) is 54.5 Å². The third kappa shape index (κ3) is 4.09. The molecule has 2 heterocycles. The minimum absolute atomic E-state index is 0.737. The lowest BCUT2D eigenvalue weighted by Gasteiger charge is -2.25. The van der Waals surface area contributed by atoms with Crippen molar-refractivity contribution in [2.45, 2.75) is 19.9 Å². The molecule has 1 N–H and O–H groups in total. The number of anilines is 1. The van der Waals surface area contributed by atoms with Crippen molar-refractivity contribution in [2.75, 3.05) is 11.9 Å². The Labute approximate surface area is 190 Å². The Morgan fingerprint density at radius 3 is 2.48 bits per heavy atom. The first-order valence-corrected chi connectivity index (χ1v) is 11.6. The Kier molecular flexibility index (Phi) is 5.49. The molecule has 3 aromatic carbocycles. The average Bonchev–Trinajstić information content (AvgIpc) is 3.14. The molecular weight excluding hydrogens is 420 g/mol. The van der Waals surface area contributed by atoms with Crippen LogP contribution in [-0.2, 0) is 6.54 Å². The fourth-order valence-electron chi connectivity index (χ4n) is 3.75. The Balaban J connectivity index is 1.45. The lowest BCUT2D eigenvalue weighted by atomic mass is 10.2. The number of thiocarbonyl (C=S) groups is 1. The molecule has 0 bridgehead atoms. The van der Waals surface area contributed by atoms with Crippen LogP contribution in [0, 0.1) is 0 Å². The van der Waals surface area contributed by atoms with Gasteiger partial charge < -0.3 is 10.2 Å². The summed E-state index contributed by atoms with van der Waals surface area (Å²) in [5.41, 5.74) is 5.02. The van der Waals surface area contributed by atoms with Gasteiger partial charge in [-0.2, -0.15) is 0 Å². The van der Waals surface area contributed by atoms with Crippen molar-refractivity contribution in [3.63, 3.8) is 0 Å². The number of para-hydroxylation sites is 2. The summed E-state index contributed by atoms with van der Waals surface area (Å²) >= 11 is 7.45. The first kappa shape index (κ1) is 19.8. The van der Waals surface area contributed by atoms with Crippen molar-refractivity contribution >= 4 is 65.8 Å². The van der Waals surface area contributed by atoms with Crippen LogP contribution in [0.5, 0.6) is 0 Å². The molecule has 0 fully saturated rings. The summed E-state index contributed by atoms with van der Waals surface area (Å²) < 4.78 is 1.18. The van der Waals surface area contributed by atoms with E-state index in [1.165, 1.54) is 10.3 Å². The van der Waals surface area contributed by atoms with E-state index in [0.29, 0.717) is 0 Å². The van der Waals surface area contributed by atoms with Gasteiger partial charge in [0.15, 0.2) is 5.11 Å². The second-order valence-corrected chi connectivity index (χ2v) is 8.93. The fraction of sp³-hybridized carbons (Fsp3) is 0.160. The predicted octanol–water partition coefficient (Wildman–Crippen LogP) is 6.61. The van der Waals surface area contributed by atoms with Gasteiger partial charge in [-0.25, -0.2) is 9.97 Å². The van der Waals surface area contributed by atoms with Crippen LogP contribution in [0.25, 0.3) is 31.5 Å². The number of thiophene rings is 1. The summed E-state index contributed by atoms with van der Waals surface area (Å²) in [7, 11) is 0. The summed E-state index contributed by atoms with van der Waals surface area (Å²) in [4.78, 5) is 12.9. The molecule has 2 aromatic heterocycles. The van der Waals surface area contributed by atoms with Crippen molar-refractivity contribution in [2.24, 2.45) is 0 Å². The molecule has 4 nitrogen and oxygen atoms in total. The first-order valence-electron chi connectivity index (χ1n) is 10.4. The number of aromatic nitrogens is 2. The molecule has 0 amide bonds. The molecule has 31 heavy (non-hydrogen) atoms. The third-order valence-electron chi connectivity index (χ3n) is 5.23. The van der Waals surface area contributed by atoms with Gasteiger partial charge in [-0.3, -0.25) is 0 Å². The number of benzene rings is 3. The van der Waals surface area contributed by atoms with Gasteiger partial charge in [0.2, 0.25) is 0 Å². The van der Waals surface area contributed by atoms with Crippen molar-refractivity contribution in [3.05, 3.63) is 78.4 Å². The highest BCUT2D eigenvalue weighted by Crippen LogP contribution is 2.34. The molecule has 0 radical (unpaired) electrons. The Morgan fingerprint density at radius 2 is 1.71 bits per heavy atom. The zero-order valence-electron chi connectivity index (χ0n) is 17.2. The van der Waals surface area contributed by atoms with Gasteiger partial charge in [-0.15, -0.1) is 11.3 Å². The lowest BCUT2D eigenvalue weighted by molar-refractivity contribution is 0.418. The van der Waals surface area contributed by atoms with Gasteiger partial charge >= 0.3 is 0 Å². The van der Waals surface area contributed by atoms with E-state index < -0.39 is 0 Å². The van der Waals surface area contributed by atoms with Crippen LogP contribution in [0.15, 0.2) is 72.8 Å². The van der Waals surface area contributed by atoms with E-state index in [9.17, 15) is 0 Å². The highest BCUT2D eigenvalue weighted by atomic mass is 32.1. The van der Waals surface area contributed by atoms with Gasteiger partial charge in [0.1, 0.15) is 10.3 Å². The zero-order chi connectivity index (χ0) is 21.2.